The van der Waals surface area contributed by atoms with E-state index >= 15 is 0 Å². The third-order valence-electron chi connectivity index (χ3n) is 2.96. The van der Waals surface area contributed by atoms with Gasteiger partial charge in [0.25, 0.3) is 11.1 Å². The van der Waals surface area contributed by atoms with E-state index in [1.807, 2.05) is 6.92 Å². The molecule has 0 atom stereocenters. The van der Waals surface area contributed by atoms with E-state index in [2.05, 4.69) is 15.5 Å². The van der Waals surface area contributed by atoms with Gasteiger partial charge in [-0.2, -0.15) is 13.2 Å². The Bertz CT molecular complexity index is 707. The maximum absolute atomic E-state index is 12.7. The second-order valence-electron chi connectivity index (χ2n) is 4.77. The van der Waals surface area contributed by atoms with Crippen LogP contribution in [0.3, 0.4) is 0 Å². The summed E-state index contributed by atoms with van der Waals surface area (Å²) in [5.74, 6) is 0.153. The standard InChI is InChI=1S/C15H16F3N3O3S/c1-2-23-6-7-25-14-21-20-12(24-14)9-19-13(22)10-4-3-5-11(8-10)15(16,17)18/h3-5,8H,2,6-7,9H2,1H3,(H,19,22). The third-order valence-corrected chi connectivity index (χ3v) is 3.74. The second-order valence-corrected chi connectivity index (χ2v) is 5.81. The van der Waals surface area contributed by atoms with Crippen LogP contribution in [0.15, 0.2) is 33.9 Å². The van der Waals surface area contributed by atoms with Crippen molar-refractivity contribution in [2.45, 2.75) is 24.9 Å². The van der Waals surface area contributed by atoms with Crippen molar-refractivity contribution < 1.29 is 27.1 Å². The molecule has 136 valence electrons. The summed E-state index contributed by atoms with van der Waals surface area (Å²) in [7, 11) is 0. The maximum atomic E-state index is 12.7. The summed E-state index contributed by atoms with van der Waals surface area (Å²) in [6.45, 7) is 2.99. The van der Waals surface area contributed by atoms with Gasteiger partial charge in [-0.15, -0.1) is 10.2 Å². The molecule has 0 saturated heterocycles. The Morgan fingerprint density at radius 2 is 2.16 bits per heavy atom. The first kappa shape index (κ1) is 19.3. The summed E-state index contributed by atoms with van der Waals surface area (Å²) in [6.07, 6.45) is -4.50. The summed E-state index contributed by atoms with van der Waals surface area (Å²) < 4.78 is 48.5. The number of alkyl halides is 3. The number of carbonyl (C=O) groups is 1. The predicted molar refractivity (Wildman–Crippen MR) is 84.1 cm³/mol. The van der Waals surface area contributed by atoms with Crippen molar-refractivity contribution in [1.29, 1.82) is 0 Å². The van der Waals surface area contributed by atoms with Crippen molar-refractivity contribution in [1.82, 2.24) is 15.5 Å². The molecule has 0 radical (unpaired) electrons. The van der Waals surface area contributed by atoms with Crippen molar-refractivity contribution in [3.05, 3.63) is 41.3 Å². The topological polar surface area (TPSA) is 77.3 Å². The lowest BCUT2D eigenvalue weighted by Crippen LogP contribution is -2.23. The van der Waals surface area contributed by atoms with Gasteiger partial charge in [0.1, 0.15) is 0 Å². The molecule has 10 heteroatoms. The van der Waals surface area contributed by atoms with Gasteiger partial charge in [-0.1, -0.05) is 17.8 Å². The molecular formula is C15H16F3N3O3S. The molecular weight excluding hydrogens is 359 g/mol. The number of ether oxygens (including phenoxy) is 1. The lowest BCUT2D eigenvalue weighted by molar-refractivity contribution is -0.137. The molecule has 0 bridgehead atoms. The summed E-state index contributed by atoms with van der Waals surface area (Å²) in [6, 6.07) is 4.17. The van der Waals surface area contributed by atoms with Gasteiger partial charge in [0, 0.05) is 17.9 Å². The van der Waals surface area contributed by atoms with E-state index in [4.69, 9.17) is 9.15 Å². The number of amides is 1. The first-order valence-electron chi connectivity index (χ1n) is 7.38. The average molecular weight is 375 g/mol. The fourth-order valence-electron chi connectivity index (χ4n) is 1.79. The highest BCUT2D eigenvalue weighted by Gasteiger charge is 2.30. The Labute approximate surface area is 146 Å². The van der Waals surface area contributed by atoms with Crippen LogP contribution in [-0.4, -0.2) is 35.1 Å². The highest BCUT2D eigenvalue weighted by Crippen LogP contribution is 2.29. The van der Waals surface area contributed by atoms with Crippen LogP contribution < -0.4 is 5.32 Å². The normalized spacial score (nSPS) is 11.5. The van der Waals surface area contributed by atoms with E-state index in [-0.39, 0.29) is 18.0 Å². The molecule has 0 aliphatic heterocycles. The fourth-order valence-corrected chi connectivity index (χ4v) is 2.42. The number of hydrogen-bond donors (Lipinski definition) is 1. The Kier molecular flexibility index (Phi) is 6.82. The summed E-state index contributed by atoms with van der Waals surface area (Å²) in [5, 5.41) is 10.3. The van der Waals surface area contributed by atoms with Gasteiger partial charge in [0.15, 0.2) is 0 Å². The molecule has 0 aliphatic rings. The maximum Gasteiger partial charge on any atom is 0.416 e. The summed E-state index contributed by atoms with van der Waals surface area (Å²) >= 11 is 1.31. The lowest BCUT2D eigenvalue weighted by atomic mass is 10.1. The minimum atomic E-state index is -4.50. The van der Waals surface area contributed by atoms with E-state index in [1.54, 1.807) is 0 Å². The number of benzene rings is 1. The third kappa shape index (κ3) is 6.05. The lowest BCUT2D eigenvalue weighted by Gasteiger charge is -2.08. The van der Waals surface area contributed by atoms with E-state index in [9.17, 15) is 18.0 Å². The van der Waals surface area contributed by atoms with Crippen LogP contribution >= 0.6 is 11.8 Å². The fraction of sp³-hybridized carbons (Fsp3) is 0.400. The molecule has 6 nitrogen and oxygen atoms in total. The number of hydrogen-bond acceptors (Lipinski definition) is 6. The smallest absolute Gasteiger partial charge is 0.414 e. The first-order valence-corrected chi connectivity index (χ1v) is 8.37. The minimum Gasteiger partial charge on any atom is -0.414 e. The van der Waals surface area contributed by atoms with Crippen molar-refractivity contribution in [2.24, 2.45) is 0 Å². The van der Waals surface area contributed by atoms with Crippen molar-refractivity contribution in [3.63, 3.8) is 0 Å². The quantitative estimate of drug-likeness (QED) is 0.564. The van der Waals surface area contributed by atoms with E-state index < -0.39 is 17.6 Å². The number of rotatable bonds is 8. The van der Waals surface area contributed by atoms with Gasteiger partial charge in [0.2, 0.25) is 5.89 Å². The Balaban J connectivity index is 1.87. The highest BCUT2D eigenvalue weighted by molar-refractivity contribution is 7.99. The highest BCUT2D eigenvalue weighted by atomic mass is 32.2. The van der Waals surface area contributed by atoms with Crippen molar-refractivity contribution in [3.8, 4) is 0 Å². The molecule has 25 heavy (non-hydrogen) atoms. The van der Waals surface area contributed by atoms with Gasteiger partial charge >= 0.3 is 6.18 Å². The molecule has 1 aromatic carbocycles. The van der Waals surface area contributed by atoms with Crippen LogP contribution in [0.1, 0.15) is 28.7 Å². The number of aromatic nitrogens is 2. The van der Waals surface area contributed by atoms with Crippen LogP contribution in [0.4, 0.5) is 13.2 Å². The molecule has 0 spiro atoms. The van der Waals surface area contributed by atoms with Crippen LogP contribution in [-0.2, 0) is 17.5 Å². The van der Waals surface area contributed by atoms with E-state index in [1.165, 1.54) is 23.9 Å². The monoisotopic (exact) mass is 375 g/mol. The number of carbonyl (C=O) groups excluding carboxylic acids is 1. The van der Waals surface area contributed by atoms with Gasteiger partial charge < -0.3 is 14.5 Å². The van der Waals surface area contributed by atoms with Crippen LogP contribution in [0.2, 0.25) is 0 Å². The van der Waals surface area contributed by atoms with Gasteiger partial charge in [-0.05, 0) is 25.1 Å². The van der Waals surface area contributed by atoms with Crippen LogP contribution in [0, 0.1) is 0 Å². The van der Waals surface area contributed by atoms with Gasteiger partial charge in [-0.25, -0.2) is 0 Å². The summed E-state index contributed by atoms with van der Waals surface area (Å²) in [4.78, 5) is 12.0. The zero-order valence-corrected chi connectivity index (χ0v) is 14.1. The number of thioether (sulfide) groups is 1. The molecule has 1 N–H and O–H groups in total. The van der Waals surface area contributed by atoms with Crippen molar-refractivity contribution >= 4 is 17.7 Å². The molecule has 1 aromatic heterocycles. The molecule has 1 amide bonds. The molecule has 2 rings (SSSR count). The minimum absolute atomic E-state index is 0.0753. The molecule has 0 aliphatic carbocycles. The number of halogens is 3. The zero-order valence-electron chi connectivity index (χ0n) is 13.3. The Morgan fingerprint density at radius 3 is 2.88 bits per heavy atom. The SMILES string of the molecule is CCOCCSc1nnc(CNC(=O)c2cccc(C(F)(F)F)c2)o1. The first-order chi connectivity index (χ1) is 11.9. The number of nitrogens with one attached hydrogen (secondary N) is 1. The van der Waals surface area contributed by atoms with E-state index in [0.717, 1.165) is 12.1 Å². The zero-order chi connectivity index (χ0) is 18.3. The predicted octanol–water partition coefficient (Wildman–Crippen LogP) is 3.15. The van der Waals surface area contributed by atoms with Gasteiger partial charge in [-0.3, -0.25) is 4.79 Å². The molecule has 2 aromatic rings. The van der Waals surface area contributed by atoms with Gasteiger partial charge in [0.05, 0.1) is 18.7 Å². The molecule has 0 fully saturated rings. The van der Waals surface area contributed by atoms with E-state index in [0.29, 0.717) is 24.2 Å². The Morgan fingerprint density at radius 1 is 1.36 bits per heavy atom. The largest absolute Gasteiger partial charge is 0.416 e. The van der Waals surface area contributed by atoms with Crippen LogP contribution in [0.5, 0.6) is 0 Å². The molecule has 0 unspecified atom stereocenters. The van der Waals surface area contributed by atoms with Crippen molar-refractivity contribution in [2.75, 3.05) is 19.0 Å². The molecule has 0 saturated carbocycles. The van der Waals surface area contributed by atoms with Crippen LogP contribution in [0.25, 0.3) is 0 Å². The Hall–Kier alpha value is -2.07. The second kappa shape index (κ2) is 8.86. The molecule has 1 heterocycles. The average Bonchev–Trinajstić information content (AvgIpc) is 3.04. The summed E-state index contributed by atoms with van der Waals surface area (Å²) in [5.41, 5.74) is -0.980. The number of nitrogens with zero attached hydrogens (tertiary/aromatic N) is 2.